The third-order valence-electron chi connectivity index (χ3n) is 3.57. The van der Waals surface area contributed by atoms with Gasteiger partial charge in [0.25, 0.3) is 0 Å². The average Bonchev–Trinajstić information content (AvgIpc) is 2.43. The normalized spacial score (nSPS) is 12.9. The van der Waals surface area contributed by atoms with E-state index in [1.807, 2.05) is 19.9 Å². The summed E-state index contributed by atoms with van der Waals surface area (Å²) in [6, 6.07) is 3.67. The van der Waals surface area contributed by atoms with Gasteiger partial charge in [-0.05, 0) is 26.8 Å². The maximum absolute atomic E-state index is 9.73. The molecule has 0 amide bonds. The van der Waals surface area contributed by atoms with Crippen LogP contribution in [-0.2, 0) is 6.54 Å². The van der Waals surface area contributed by atoms with Crippen molar-refractivity contribution in [3.63, 3.8) is 0 Å². The molecule has 1 rings (SSSR count). The van der Waals surface area contributed by atoms with Gasteiger partial charge in [-0.25, -0.2) is 0 Å². The Morgan fingerprint density at radius 1 is 1.05 bits per heavy atom. The van der Waals surface area contributed by atoms with Gasteiger partial charge in [-0.2, -0.15) is 0 Å². The van der Waals surface area contributed by atoms with Gasteiger partial charge in [-0.1, -0.05) is 0 Å². The van der Waals surface area contributed by atoms with Crippen LogP contribution >= 0.6 is 0 Å². The first-order valence-electron chi connectivity index (χ1n) is 6.57. The van der Waals surface area contributed by atoms with E-state index in [0.29, 0.717) is 18.0 Å². The molecule has 0 heterocycles. The van der Waals surface area contributed by atoms with Crippen LogP contribution in [0.2, 0.25) is 0 Å². The second kappa shape index (κ2) is 6.81. The van der Waals surface area contributed by atoms with Crippen molar-refractivity contribution >= 4 is 0 Å². The van der Waals surface area contributed by atoms with Gasteiger partial charge < -0.3 is 24.6 Å². The number of hydrogen-bond donors (Lipinski definition) is 2. The molecule has 0 aliphatic heterocycles. The predicted octanol–water partition coefficient (Wildman–Crippen LogP) is 1.96. The molecule has 0 radical (unpaired) electrons. The summed E-state index contributed by atoms with van der Waals surface area (Å²) in [5.74, 6) is 2.00. The van der Waals surface area contributed by atoms with E-state index >= 15 is 0 Å². The molecule has 114 valence electrons. The van der Waals surface area contributed by atoms with E-state index < -0.39 is 11.6 Å². The lowest BCUT2D eigenvalue weighted by Crippen LogP contribution is -2.47. The number of rotatable bonds is 7. The molecule has 0 fully saturated rings. The minimum absolute atomic E-state index is 0.391. The van der Waals surface area contributed by atoms with Crippen LogP contribution in [0.3, 0.4) is 0 Å². The number of methoxy groups -OCH3 is 3. The molecule has 0 saturated carbocycles. The number of benzene rings is 1. The lowest BCUT2D eigenvalue weighted by molar-refractivity contribution is 0.0954. The summed E-state index contributed by atoms with van der Waals surface area (Å²) in [5, 5.41) is 13.0. The van der Waals surface area contributed by atoms with Crippen molar-refractivity contribution in [2.45, 2.75) is 39.0 Å². The fourth-order valence-electron chi connectivity index (χ4n) is 1.70. The van der Waals surface area contributed by atoms with Crippen LogP contribution < -0.4 is 19.5 Å². The van der Waals surface area contributed by atoms with Gasteiger partial charge in [0.1, 0.15) is 5.75 Å². The Hall–Kier alpha value is -1.46. The third kappa shape index (κ3) is 3.77. The number of aliphatic hydroxyl groups excluding tert-OH is 1. The highest BCUT2D eigenvalue weighted by Gasteiger charge is 2.24. The molecule has 1 aromatic carbocycles. The van der Waals surface area contributed by atoms with Crippen LogP contribution in [0.15, 0.2) is 12.1 Å². The van der Waals surface area contributed by atoms with Crippen molar-refractivity contribution < 1.29 is 19.3 Å². The quantitative estimate of drug-likeness (QED) is 0.801. The van der Waals surface area contributed by atoms with E-state index in [1.54, 1.807) is 34.3 Å². The fraction of sp³-hybridized carbons (Fsp3) is 0.600. The highest BCUT2D eigenvalue weighted by molar-refractivity contribution is 5.50. The molecule has 1 unspecified atom stereocenters. The number of hydrogen-bond acceptors (Lipinski definition) is 5. The van der Waals surface area contributed by atoms with Gasteiger partial charge in [0.15, 0.2) is 11.5 Å². The van der Waals surface area contributed by atoms with Crippen LogP contribution in [0.25, 0.3) is 0 Å². The minimum atomic E-state index is -0.464. The Balaban J connectivity index is 2.99. The molecule has 5 heteroatoms. The van der Waals surface area contributed by atoms with Crippen LogP contribution in [0.5, 0.6) is 17.2 Å². The Morgan fingerprint density at radius 3 is 2.00 bits per heavy atom. The smallest absolute Gasteiger partial charge is 0.164 e. The first-order chi connectivity index (χ1) is 9.35. The molecular formula is C15H25NO4. The molecule has 20 heavy (non-hydrogen) atoms. The van der Waals surface area contributed by atoms with Gasteiger partial charge in [0.2, 0.25) is 0 Å². The van der Waals surface area contributed by atoms with Crippen LogP contribution in [0, 0.1) is 0 Å². The summed E-state index contributed by atoms with van der Waals surface area (Å²) in [4.78, 5) is 0. The van der Waals surface area contributed by atoms with Crippen molar-refractivity contribution in [1.29, 1.82) is 0 Å². The Morgan fingerprint density at radius 2 is 1.55 bits per heavy atom. The molecule has 5 nitrogen and oxygen atoms in total. The lowest BCUT2D eigenvalue weighted by atomic mass is 9.98. The molecule has 0 saturated heterocycles. The first kappa shape index (κ1) is 16.6. The van der Waals surface area contributed by atoms with Gasteiger partial charge in [0, 0.05) is 23.7 Å². The highest BCUT2D eigenvalue weighted by atomic mass is 16.5. The van der Waals surface area contributed by atoms with Gasteiger partial charge >= 0.3 is 0 Å². The molecule has 2 N–H and O–H groups in total. The average molecular weight is 283 g/mol. The van der Waals surface area contributed by atoms with Crippen LogP contribution in [0.4, 0.5) is 0 Å². The van der Waals surface area contributed by atoms with Crippen molar-refractivity contribution in [2.24, 2.45) is 0 Å². The zero-order valence-corrected chi connectivity index (χ0v) is 13.1. The first-order valence-corrected chi connectivity index (χ1v) is 6.57. The summed E-state index contributed by atoms with van der Waals surface area (Å²) >= 11 is 0. The number of ether oxygens (including phenoxy) is 3. The SMILES string of the molecule is COc1cc(OC)c(OC)cc1CNC(C)(C)C(C)O. The molecule has 0 spiro atoms. The Bertz CT molecular complexity index is 444. The molecule has 1 atom stereocenters. The van der Waals surface area contributed by atoms with Gasteiger partial charge in [-0.15, -0.1) is 0 Å². The summed E-state index contributed by atoms with van der Waals surface area (Å²) in [7, 11) is 4.80. The summed E-state index contributed by atoms with van der Waals surface area (Å²) in [6.07, 6.45) is -0.464. The molecular weight excluding hydrogens is 258 g/mol. The number of nitrogens with one attached hydrogen (secondary N) is 1. The molecule has 1 aromatic rings. The molecule has 0 aliphatic rings. The Labute approximate surface area is 120 Å². The largest absolute Gasteiger partial charge is 0.496 e. The third-order valence-corrected chi connectivity index (χ3v) is 3.57. The summed E-state index contributed by atoms with van der Waals surface area (Å²) < 4.78 is 15.9. The predicted molar refractivity (Wildman–Crippen MR) is 78.7 cm³/mol. The fourth-order valence-corrected chi connectivity index (χ4v) is 1.70. The maximum Gasteiger partial charge on any atom is 0.164 e. The van der Waals surface area contributed by atoms with E-state index in [9.17, 15) is 5.11 Å². The Kier molecular flexibility index (Phi) is 5.65. The zero-order chi connectivity index (χ0) is 15.3. The van der Waals surface area contributed by atoms with E-state index in [-0.39, 0.29) is 0 Å². The van der Waals surface area contributed by atoms with E-state index in [0.717, 1.165) is 11.3 Å². The monoisotopic (exact) mass is 283 g/mol. The topological polar surface area (TPSA) is 60.0 Å². The van der Waals surface area contributed by atoms with Crippen molar-refractivity contribution in [2.75, 3.05) is 21.3 Å². The summed E-state index contributed by atoms with van der Waals surface area (Å²) in [6.45, 7) is 6.22. The molecule has 0 aromatic heterocycles. The van der Waals surface area contributed by atoms with Crippen LogP contribution in [0.1, 0.15) is 26.3 Å². The maximum atomic E-state index is 9.73. The van der Waals surface area contributed by atoms with Crippen molar-refractivity contribution in [3.8, 4) is 17.2 Å². The summed E-state index contributed by atoms with van der Waals surface area (Å²) in [5.41, 5.74) is 0.553. The molecule has 0 bridgehead atoms. The van der Waals surface area contributed by atoms with E-state index in [1.165, 1.54) is 0 Å². The van der Waals surface area contributed by atoms with E-state index in [2.05, 4.69) is 5.32 Å². The van der Waals surface area contributed by atoms with E-state index in [4.69, 9.17) is 14.2 Å². The van der Waals surface area contributed by atoms with Crippen molar-refractivity contribution in [1.82, 2.24) is 5.32 Å². The molecule has 0 aliphatic carbocycles. The second-order valence-electron chi connectivity index (χ2n) is 5.27. The minimum Gasteiger partial charge on any atom is -0.496 e. The van der Waals surface area contributed by atoms with Gasteiger partial charge in [-0.3, -0.25) is 0 Å². The lowest BCUT2D eigenvalue weighted by Gasteiger charge is -2.30. The zero-order valence-electron chi connectivity index (χ0n) is 13.1. The second-order valence-corrected chi connectivity index (χ2v) is 5.27. The standard InChI is InChI=1S/C15H25NO4/c1-10(17)15(2,3)16-9-11-7-13(19-5)14(20-6)8-12(11)18-4/h7-8,10,16-17H,9H2,1-6H3. The van der Waals surface area contributed by atoms with Gasteiger partial charge in [0.05, 0.1) is 27.4 Å². The van der Waals surface area contributed by atoms with Crippen LogP contribution in [-0.4, -0.2) is 38.1 Å². The number of aliphatic hydroxyl groups is 1. The van der Waals surface area contributed by atoms with Crippen molar-refractivity contribution in [3.05, 3.63) is 17.7 Å². The highest BCUT2D eigenvalue weighted by Crippen LogP contribution is 2.34.